The molecule has 1 aliphatic rings. The number of hydrogen-bond acceptors (Lipinski definition) is 7. The number of likely N-dealkylation sites (tertiary alicyclic amines) is 1. The molecule has 1 atom stereocenters. The number of hydrogen-bond donors (Lipinski definition) is 3. The molecule has 4 aromatic heterocycles. The largest absolute Gasteiger partial charge is 0.382 e. The van der Waals surface area contributed by atoms with Crippen LogP contribution in [0.15, 0.2) is 54.9 Å². The van der Waals surface area contributed by atoms with Gasteiger partial charge in [-0.15, -0.1) is 11.3 Å². The number of aliphatic hydroxyl groups is 1. The molecule has 4 N–H and O–H groups in total. The number of carbonyl (C=O) groups excluding carboxylic acids is 1. The summed E-state index contributed by atoms with van der Waals surface area (Å²) in [7, 11) is 0. The minimum Gasteiger partial charge on any atom is -0.382 e. The first-order chi connectivity index (χ1) is 17.0. The van der Waals surface area contributed by atoms with Gasteiger partial charge in [0.2, 0.25) is 0 Å². The van der Waals surface area contributed by atoms with Crippen molar-refractivity contribution >= 4 is 39.4 Å². The van der Waals surface area contributed by atoms with Gasteiger partial charge in [0, 0.05) is 47.2 Å². The average Bonchev–Trinajstić information content (AvgIpc) is 3.60. The van der Waals surface area contributed by atoms with Crippen LogP contribution in [0.5, 0.6) is 0 Å². The molecule has 0 amide bonds. The lowest BCUT2D eigenvalue weighted by atomic mass is 9.95. The van der Waals surface area contributed by atoms with Gasteiger partial charge in [-0.1, -0.05) is 18.2 Å². The molecule has 0 saturated carbocycles. The second-order valence-electron chi connectivity index (χ2n) is 9.06. The van der Waals surface area contributed by atoms with Crippen LogP contribution >= 0.6 is 11.3 Å². The van der Waals surface area contributed by atoms with Crippen LogP contribution < -0.4 is 5.73 Å². The van der Waals surface area contributed by atoms with Crippen LogP contribution in [0.3, 0.4) is 0 Å². The molecule has 5 heterocycles. The number of H-pyrrole nitrogens is 1. The maximum Gasteiger partial charge on any atom is 0.169 e. The zero-order valence-corrected chi connectivity index (χ0v) is 20.1. The Morgan fingerprint density at radius 3 is 2.77 bits per heavy atom. The van der Waals surface area contributed by atoms with Crippen LogP contribution in [-0.4, -0.2) is 48.2 Å². The van der Waals surface area contributed by atoms with E-state index in [4.69, 9.17) is 10.7 Å². The molecule has 8 nitrogen and oxygen atoms in total. The van der Waals surface area contributed by atoms with E-state index in [-0.39, 0.29) is 11.7 Å². The molecule has 1 saturated heterocycles. The van der Waals surface area contributed by atoms with Gasteiger partial charge in [0.1, 0.15) is 29.1 Å². The zero-order valence-electron chi connectivity index (χ0n) is 19.3. The quantitative estimate of drug-likeness (QED) is 0.313. The SMILES string of the molecule is CC(=O)c1ccc(C(O)N2CCC(c3nc(-c4cc5ccccc5[nH]4)c4c(N)nccn34)CC2)s1. The number of rotatable bonds is 5. The van der Waals surface area contributed by atoms with Crippen LogP contribution in [-0.2, 0) is 0 Å². The highest BCUT2D eigenvalue weighted by Gasteiger charge is 2.30. The van der Waals surface area contributed by atoms with E-state index in [0.717, 1.165) is 64.4 Å². The summed E-state index contributed by atoms with van der Waals surface area (Å²) in [5.41, 5.74) is 9.92. The van der Waals surface area contributed by atoms with Crippen molar-refractivity contribution in [2.45, 2.75) is 31.9 Å². The van der Waals surface area contributed by atoms with Crippen molar-refractivity contribution in [3.63, 3.8) is 0 Å². The number of nitrogens with two attached hydrogens (primary N) is 1. The maximum atomic E-state index is 11.6. The van der Waals surface area contributed by atoms with Crippen molar-refractivity contribution in [3.8, 4) is 11.4 Å². The molecule has 9 heteroatoms. The van der Waals surface area contributed by atoms with E-state index in [1.165, 1.54) is 11.3 Å². The Labute approximate surface area is 206 Å². The zero-order chi connectivity index (χ0) is 24.1. The Bertz CT molecular complexity index is 1510. The number of benzene rings is 1. The number of ketones is 1. The number of aromatic nitrogens is 4. The van der Waals surface area contributed by atoms with Crippen molar-refractivity contribution in [2.24, 2.45) is 0 Å². The number of fused-ring (bicyclic) bond motifs is 2. The molecule has 0 radical (unpaired) electrons. The van der Waals surface area contributed by atoms with E-state index < -0.39 is 6.23 Å². The van der Waals surface area contributed by atoms with Gasteiger partial charge in [-0.25, -0.2) is 9.97 Å². The Hall–Kier alpha value is -3.53. The predicted molar refractivity (Wildman–Crippen MR) is 138 cm³/mol. The number of Topliss-reactive ketones (excluding diaryl/α,β-unsaturated/α-hetero) is 1. The predicted octanol–water partition coefficient (Wildman–Crippen LogP) is 4.59. The van der Waals surface area contributed by atoms with E-state index in [0.29, 0.717) is 10.7 Å². The van der Waals surface area contributed by atoms with Crippen LogP contribution in [0.2, 0.25) is 0 Å². The minimum absolute atomic E-state index is 0.0258. The van der Waals surface area contributed by atoms with Crippen molar-refractivity contribution in [1.29, 1.82) is 0 Å². The second kappa shape index (κ2) is 8.60. The third kappa shape index (κ3) is 3.81. The number of nitrogen functional groups attached to an aromatic ring is 1. The molecule has 1 aliphatic heterocycles. The van der Waals surface area contributed by atoms with Gasteiger partial charge in [-0.2, -0.15) is 0 Å². The third-order valence-electron chi connectivity index (χ3n) is 6.86. The second-order valence-corrected chi connectivity index (χ2v) is 10.2. The monoisotopic (exact) mass is 486 g/mol. The maximum absolute atomic E-state index is 11.6. The van der Waals surface area contributed by atoms with Crippen LogP contribution in [0.25, 0.3) is 27.8 Å². The number of imidazole rings is 1. The van der Waals surface area contributed by atoms with Crippen molar-refractivity contribution < 1.29 is 9.90 Å². The molecule has 1 aromatic carbocycles. The first kappa shape index (κ1) is 22.0. The van der Waals surface area contributed by atoms with E-state index in [9.17, 15) is 9.90 Å². The molecule has 0 aliphatic carbocycles. The van der Waals surface area contributed by atoms with Gasteiger partial charge >= 0.3 is 0 Å². The number of nitrogens with one attached hydrogen (secondary N) is 1. The summed E-state index contributed by atoms with van der Waals surface area (Å²) in [6, 6.07) is 13.9. The first-order valence-corrected chi connectivity index (χ1v) is 12.5. The summed E-state index contributed by atoms with van der Waals surface area (Å²) in [6.07, 6.45) is 4.65. The Kier molecular flexibility index (Phi) is 5.40. The molecule has 6 rings (SSSR count). The Morgan fingerprint density at radius 2 is 2.03 bits per heavy atom. The normalized spacial score (nSPS) is 16.3. The lowest BCUT2D eigenvalue weighted by Gasteiger charge is -2.34. The third-order valence-corrected chi connectivity index (χ3v) is 8.09. The lowest BCUT2D eigenvalue weighted by Crippen LogP contribution is -2.36. The number of nitrogens with zero attached hydrogens (tertiary/aromatic N) is 4. The van der Waals surface area contributed by atoms with E-state index >= 15 is 0 Å². The molecular weight excluding hydrogens is 460 g/mol. The lowest BCUT2D eigenvalue weighted by molar-refractivity contribution is -0.0111. The number of piperidine rings is 1. The van der Waals surface area contributed by atoms with Gasteiger partial charge in [-0.3, -0.25) is 14.1 Å². The highest BCUT2D eigenvalue weighted by Crippen LogP contribution is 2.37. The van der Waals surface area contributed by atoms with Gasteiger partial charge in [0.15, 0.2) is 5.78 Å². The van der Waals surface area contributed by atoms with Gasteiger partial charge in [0.25, 0.3) is 0 Å². The number of para-hydroxylation sites is 1. The minimum atomic E-state index is -0.701. The fourth-order valence-electron chi connectivity index (χ4n) is 5.03. The summed E-state index contributed by atoms with van der Waals surface area (Å²) in [5, 5.41) is 12.0. The highest BCUT2D eigenvalue weighted by atomic mass is 32.1. The molecular formula is C26H26N6O2S. The highest BCUT2D eigenvalue weighted by molar-refractivity contribution is 7.14. The number of aliphatic hydroxyl groups excluding tert-OH is 1. The van der Waals surface area contributed by atoms with Gasteiger partial charge in [0.05, 0.1) is 10.6 Å². The number of thiophene rings is 1. The smallest absolute Gasteiger partial charge is 0.169 e. The molecule has 1 fully saturated rings. The van der Waals surface area contributed by atoms with Crippen molar-refractivity contribution in [1.82, 2.24) is 24.3 Å². The summed E-state index contributed by atoms with van der Waals surface area (Å²) in [5.74, 6) is 1.67. The molecule has 35 heavy (non-hydrogen) atoms. The first-order valence-electron chi connectivity index (χ1n) is 11.7. The fourth-order valence-corrected chi connectivity index (χ4v) is 5.95. The van der Waals surface area contributed by atoms with Crippen molar-refractivity contribution in [2.75, 3.05) is 18.8 Å². The van der Waals surface area contributed by atoms with Gasteiger partial charge < -0.3 is 15.8 Å². The summed E-state index contributed by atoms with van der Waals surface area (Å²) >= 11 is 1.36. The molecule has 178 valence electrons. The number of anilines is 1. The average molecular weight is 487 g/mol. The topological polar surface area (TPSA) is 113 Å². The summed E-state index contributed by atoms with van der Waals surface area (Å²) in [6.45, 7) is 3.02. The van der Waals surface area contributed by atoms with Gasteiger partial charge in [-0.05, 0) is 44.0 Å². The van der Waals surface area contributed by atoms with Crippen molar-refractivity contribution in [3.05, 3.63) is 70.4 Å². The fraction of sp³-hybridized carbons (Fsp3) is 0.269. The standard InChI is InChI=1S/C26H26N6O2S/c1-15(33)20-6-7-21(35-20)26(34)31-11-8-16(9-12-31)25-30-22(23-24(27)28-10-13-32(23)25)19-14-17-4-2-3-5-18(17)29-19/h2-7,10,13-14,16,26,29,34H,8-9,11-12H2,1H3,(H2,27,28). The molecule has 0 bridgehead atoms. The van der Waals surface area contributed by atoms with Crippen LogP contribution in [0.1, 0.15) is 52.3 Å². The molecule has 0 spiro atoms. The number of aromatic amines is 1. The van der Waals surface area contributed by atoms with E-state index in [1.54, 1.807) is 19.2 Å². The molecule has 5 aromatic rings. The van der Waals surface area contributed by atoms with Crippen LogP contribution in [0.4, 0.5) is 5.82 Å². The van der Waals surface area contributed by atoms with E-state index in [2.05, 4.69) is 31.4 Å². The van der Waals surface area contributed by atoms with Crippen LogP contribution in [0, 0.1) is 0 Å². The molecule has 1 unspecified atom stereocenters. The summed E-state index contributed by atoms with van der Waals surface area (Å²) < 4.78 is 2.07. The Morgan fingerprint density at radius 1 is 1.23 bits per heavy atom. The van der Waals surface area contributed by atoms with E-state index in [1.807, 2.05) is 30.5 Å². The Balaban J connectivity index is 1.29. The number of carbonyl (C=O) groups is 1. The summed E-state index contributed by atoms with van der Waals surface area (Å²) in [4.78, 5) is 28.1.